The van der Waals surface area contributed by atoms with Crippen molar-refractivity contribution in [3.05, 3.63) is 29.3 Å². The van der Waals surface area contributed by atoms with Gasteiger partial charge in [-0.3, -0.25) is 0 Å². The Balaban J connectivity index is 2.20. The van der Waals surface area contributed by atoms with Gasteiger partial charge in [0.1, 0.15) is 0 Å². The van der Waals surface area contributed by atoms with Crippen LogP contribution in [0.15, 0.2) is 18.2 Å². The van der Waals surface area contributed by atoms with Crippen molar-refractivity contribution in [2.45, 2.75) is 45.3 Å². The van der Waals surface area contributed by atoms with E-state index < -0.39 is 11.7 Å². The third-order valence-corrected chi connectivity index (χ3v) is 4.25. The highest BCUT2D eigenvalue weighted by atomic mass is 19.4. The monoisotopic (exact) mass is 300 g/mol. The minimum atomic E-state index is -4.33. The molecule has 1 aliphatic heterocycles. The number of nitrogens with zero attached hydrogens (tertiary/aromatic N) is 1. The molecule has 0 saturated carbocycles. The Hall–Kier alpha value is -1.23. The zero-order valence-electron chi connectivity index (χ0n) is 12.4. The number of alkyl halides is 3. The van der Waals surface area contributed by atoms with Crippen molar-refractivity contribution in [2.24, 2.45) is 11.7 Å². The van der Waals surface area contributed by atoms with Crippen LogP contribution in [0.25, 0.3) is 0 Å². The normalized spacial score (nSPS) is 17.3. The number of hydrogen-bond acceptors (Lipinski definition) is 2. The quantitative estimate of drug-likeness (QED) is 0.904. The predicted octanol–water partition coefficient (Wildman–Crippen LogP) is 4.18. The molecular weight excluding hydrogens is 277 g/mol. The van der Waals surface area contributed by atoms with Crippen LogP contribution in [0, 0.1) is 5.92 Å². The molecular formula is C16H23F3N2. The van der Waals surface area contributed by atoms with Crippen LogP contribution in [0.2, 0.25) is 0 Å². The molecule has 2 rings (SSSR count). The van der Waals surface area contributed by atoms with Gasteiger partial charge in [0.2, 0.25) is 0 Å². The van der Waals surface area contributed by atoms with Crippen molar-refractivity contribution in [3.8, 4) is 0 Å². The highest BCUT2D eigenvalue weighted by Crippen LogP contribution is 2.38. The molecule has 0 aromatic heterocycles. The fraction of sp³-hybridized carbons (Fsp3) is 0.625. The standard InChI is InChI=1S/C16H23F3N2/c1-2-3-12-6-8-21(9-7-12)15-5-4-13(11-20)10-14(15)16(17,18)19/h4-5,10,12H,2-3,6-9,11,20H2,1H3. The van der Waals surface area contributed by atoms with Crippen LogP contribution in [0.5, 0.6) is 0 Å². The largest absolute Gasteiger partial charge is 0.418 e. The van der Waals surface area contributed by atoms with Crippen LogP contribution in [0.1, 0.15) is 43.7 Å². The molecule has 0 radical (unpaired) electrons. The highest BCUT2D eigenvalue weighted by Gasteiger charge is 2.35. The van der Waals surface area contributed by atoms with Crippen molar-refractivity contribution in [1.82, 2.24) is 0 Å². The Morgan fingerprint density at radius 3 is 2.43 bits per heavy atom. The lowest BCUT2D eigenvalue weighted by Gasteiger charge is -2.35. The SMILES string of the molecule is CCCC1CCN(c2ccc(CN)cc2C(F)(F)F)CC1. The summed E-state index contributed by atoms with van der Waals surface area (Å²) in [5.74, 6) is 0.656. The van der Waals surface area contributed by atoms with E-state index in [1.54, 1.807) is 12.1 Å². The fourth-order valence-electron chi connectivity index (χ4n) is 3.08. The topological polar surface area (TPSA) is 29.3 Å². The molecule has 21 heavy (non-hydrogen) atoms. The highest BCUT2D eigenvalue weighted by molar-refractivity contribution is 5.56. The summed E-state index contributed by atoms with van der Waals surface area (Å²) in [6.07, 6.45) is -0.0654. The number of rotatable bonds is 4. The van der Waals surface area contributed by atoms with Gasteiger partial charge in [0.15, 0.2) is 0 Å². The average molecular weight is 300 g/mol. The van der Waals surface area contributed by atoms with Crippen LogP contribution in [0.4, 0.5) is 18.9 Å². The first kappa shape index (κ1) is 16.1. The summed E-state index contributed by atoms with van der Waals surface area (Å²) >= 11 is 0. The smallest absolute Gasteiger partial charge is 0.371 e. The maximum Gasteiger partial charge on any atom is 0.418 e. The van der Waals surface area contributed by atoms with Gasteiger partial charge >= 0.3 is 6.18 Å². The van der Waals surface area contributed by atoms with Crippen molar-refractivity contribution in [2.75, 3.05) is 18.0 Å². The summed E-state index contributed by atoms with van der Waals surface area (Å²) in [5, 5.41) is 0. The van der Waals surface area contributed by atoms with Crippen molar-refractivity contribution < 1.29 is 13.2 Å². The van der Waals surface area contributed by atoms with Gasteiger partial charge in [-0.1, -0.05) is 25.8 Å². The lowest BCUT2D eigenvalue weighted by molar-refractivity contribution is -0.137. The van der Waals surface area contributed by atoms with E-state index in [2.05, 4.69) is 6.92 Å². The third kappa shape index (κ3) is 3.90. The number of hydrogen-bond donors (Lipinski definition) is 1. The van der Waals surface area contributed by atoms with Gasteiger partial charge in [-0.05, 0) is 36.5 Å². The molecule has 2 nitrogen and oxygen atoms in total. The molecule has 0 atom stereocenters. The van der Waals surface area contributed by atoms with Gasteiger partial charge in [-0.15, -0.1) is 0 Å². The maximum atomic E-state index is 13.2. The molecule has 1 aromatic rings. The van der Waals surface area contributed by atoms with E-state index in [0.717, 1.165) is 19.3 Å². The Labute approximate surface area is 124 Å². The van der Waals surface area contributed by atoms with E-state index in [9.17, 15) is 13.2 Å². The summed E-state index contributed by atoms with van der Waals surface area (Å²) in [6.45, 7) is 3.69. The van der Waals surface area contributed by atoms with Crippen molar-refractivity contribution in [1.29, 1.82) is 0 Å². The van der Waals surface area contributed by atoms with E-state index >= 15 is 0 Å². The van der Waals surface area contributed by atoms with E-state index in [1.165, 1.54) is 12.5 Å². The van der Waals surface area contributed by atoms with Gasteiger partial charge in [0.05, 0.1) is 5.56 Å². The Kier molecular flexibility index (Phi) is 5.14. The molecule has 0 amide bonds. The first-order chi connectivity index (χ1) is 9.95. The summed E-state index contributed by atoms with van der Waals surface area (Å²) in [4.78, 5) is 1.87. The number of nitrogens with two attached hydrogens (primary N) is 1. The van der Waals surface area contributed by atoms with Crippen molar-refractivity contribution >= 4 is 5.69 Å². The van der Waals surface area contributed by atoms with E-state index in [4.69, 9.17) is 5.73 Å². The average Bonchev–Trinajstić information content (AvgIpc) is 2.47. The van der Waals surface area contributed by atoms with Gasteiger partial charge in [-0.25, -0.2) is 0 Å². The molecule has 0 unspecified atom stereocenters. The van der Waals surface area contributed by atoms with Crippen LogP contribution >= 0.6 is 0 Å². The number of halogens is 3. The van der Waals surface area contributed by atoms with E-state index in [-0.39, 0.29) is 6.54 Å². The van der Waals surface area contributed by atoms with Crippen LogP contribution < -0.4 is 10.6 Å². The first-order valence-corrected chi connectivity index (χ1v) is 7.60. The number of piperidine rings is 1. The second kappa shape index (κ2) is 6.69. The second-order valence-electron chi connectivity index (χ2n) is 5.77. The molecule has 5 heteroatoms. The molecule has 2 N–H and O–H groups in total. The Bertz CT molecular complexity index is 463. The molecule has 1 aliphatic rings. The molecule has 0 aliphatic carbocycles. The minimum Gasteiger partial charge on any atom is -0.371 e. The summed E-state index contributed by atoms with van der Waals surface area (Å²) in [6, 6.07) is 4.46. The lowest BCUT2D eigenvalue weighted by Crippen LogP contribution is -2.35. The van der Waals surface area contributed by atoms with Crippen LogP contribution in [0.3, 0.4) is 0 Å². The number of anilines is 1. The summed E-state index contributed by atoms with van der Waals surface area (Å²) < 4.78 is 39.7. The molecule has 1 saturated heterocycles. The molecule has 118 valence electrons. The molecule has 1 fully saturated rings. The van der Waals surface area contributed by atoms with Gasteiger partial charge < -0.3 is 10.6 Å². The lowest BCUT2D eigenvalue weighted by atomic mass is 9.92. The molecule has 0 bridgehead atoms. The summed E-state index contributed by atoms with van der Waals surface area (Å²) in [5.41, 5.74) is 5.73. The van der Waals surface area contributed by atoms with Crippen molar-refractivity contribution in [3.63, 3.8) is 0 Å². The third-order valence-electron chi connectivity index (χ3n) is 4.25. The zero-order chi connectivity index (χ0) is 15.5. The van der Waals surface area contributed by atoms with Crippen LogP contribution in [-0.2, 0) is 12.7 Å². The minimum absolute atomic E-state index is 0.127. The first-order valence-electron chi connectivity index (χ1n) is 7.60. The van der Waals surface area contributed by atoms with Crippen LogP contribution in [-0.4, -0.2) is 13.1 Å². The summed E-state index contributed by atoms with van der Waals surface area (Å²) in [7, 11) is 0. The van der Waals surface area contributed by atoms with Gasteiger partial charge in [0, 0.05) is 25.3 Å². The fourth-order valence-corrected chi connectivity index (χ4v) is 3.08. The molecule has 1 aromatic carbocycles. The van der Waals surface area contributed by atoms with E-state index in [0.29, 0.717) is 30.3 Å². The predicted molar refractivity (Wildman–Crippen MR) is 79.2 cm³/mol. The van der Waals surface area contributed by atoms with Gasteiger partial charge in [0.25, 0.3) is 0 Å². The zero-order valence-corrected chi connectivity index (χ0v) is 12.4. The van der Waals surface area contributed by atoms with E-state index in [1.807, 2.05) is 4.90 Å². The molecule has 1 heterocycles. The maximum absolute atomic E-state index is 13.2. The Morgan fingerprint density at radius 2 is 1.90 bits per heavy atom. The Morgan fingerprint density at radius 1 is 1.24 bits per heavy atom. The van der Waals surface area contributed by atoms with Gasteiger partial charge in [-0.2, -0.15) is 13.2 Å². The number of benzene rings is 1. The second-order valence-corrected chi connectivity index (χ2v) is 5.77. The molecule has 0 spiro atoms.